The van der Waals surface area contributed by atoms with E-state index in [2.05, 4.69) is 22.3 Å². The first-order chi connectivity index (χ1) is 6.24. The first-order valence-electron chi connectivity index (χ1n) is 4.76. The van der Waals surface area contributed by atoms with Crippen LogP contribution in [-0.4, -0.2) is 32.8 Å². The molecule has 1 fully saturated rings. The fraction of sp³-hybridized carbons (Fsp3) is 0.889. The predicted molar refractivity (Wildman–Crippen MR) is 50.5 cm³/mol. The van der Waals surface area contributed by atoms with E-state index in [1.807, 2.05) is 0 Å². The number of alkyl carbamates (subject to hydrolysis) is 1. The Labute approximate surface area is 79.0 Å². The van der Waals surface area contributed by atoms with Crippen molar-refractivity contribution in [3.63, 3.8) is 0 Å². The summed E-state index contributed by atoms with van der Waals surface area (Å²) in [6.45, 7) is 5.02. The third-order valence-electron chi connectivity index (χ3n) is 2.68. The smallest absolute Gasteiger partial charge is 0.406 e. The van der Waals surface area contributed by atoms with Gasteiger partial charge in [-0.3, -0.25) is 0 Å². The standard InChI is InChI=1S/C9H18N2O2/c1-7-3-4-10-5-8(7)6-11-9(12)13-2/h7-8,10H,3-6H2,1-2H3,(H,11,12). The number of hydrogen-bond donors (Lipinski definition) is 2. The lowest BCUT2D eigenvalue weighted by Crippen LogP contribution is -2.42. The van der Waals surface area contributed by atoms with Crippen LogP contribution in [0.3, 0.4) is 0 Å². The highest BCUT2D eigenvalue weighted by Crippen LogP contribution is 2.17. The van der Waals surface area contributed by atoms with Crippen molar-refractivity contribution in [3.05, 3.63) is 0 Å². The zero-order valence-corrected chi connectivity index (χ0v) is 8.30. The number of carbonyl (C=O) groups is 1. The molecule has 0 aromatic heterocycles. The van der Waals surface area contributed by atoms with Crippen molar-refractivity contribution >= 4 is 6.09 Å². The molecule has 0 aliphatic carbocycles. The third-order valence-corrected chi connectivity index (χ3v) is 2.68. The van der Waals surface area contributed by atoms with Gasteiger partial charge >= 0.3 is 6.09 Å². The Balaban J connectivity index is 2.22. The summed E-state index contributed by atoms with van der Waals surface area (Å²) in [6, 6.07) is 0. The number of nitrogens with one attached hydrogen (secondary N) is 2. The quantitative estimate of drug-likeness (QED) is 0.663. The van der Waals surface area contributed by atoms with Crippen LogP contribution in [-0.2, 0) is 4.74 Å². The molecule has 1 aliphatic heterocycles. The number of ether oxygens (including phenoxy) is 1. The Morgan fingerprint density at radius 3 is 3.08 bits per heavy atom. The number of amides is 1. The lowest BCUT2D eigenvalue weighted by Gasteiger charge is -2.29. The molecule has 0 aromatic carbocycles. The molecule has 1 aliphatic rings. The summed E-state index contributed by atoms with van der Waals surface area (Å²) in [5, 5.41) is 6.05. The van der Waals surface area contributed by atoms with Crippen LogP contribution in [0.25, 0.3) is 0 Å². The molecule has 1 amide bonds. The summed E-state index contributed by atoms with van der Waals surface area (Å²) in [4.78, 5) is 10.8. The van der Waals surface area contributed by atoms with E-state index in [4.69, 9.17) is 0 Å². The monoisotopic (exact) mass is 186 g/mol. The van der Waals surface area contributed by atoms with Gasteiger partial charge in [-0.15, -0.1) is 0 Å². The fourth-order valence-electron chi connectivity index (χ4n) is 1.61. The Hall–Kier alpha value is -0.770. The summed E-state index contributed by atoms with van der Waals surface area (Å²) < 4.78 is 4.51. The van der Waals surface area contributed by atoms with Crippen molar-refractivity contribution in [1.29, 1.82) is 0 Å². The van der Waals surface area contributed by atoms with E-state index < -0.39 is 0 Å². The largest absolute Gasteiger partial charge is 0.453 e. The molecule has 2 unspecified atom stereocenters. The Bertz CT molecular complexity index is 173. The first-order valence-corrected chi connectivity index (χ1v) is 4.76. The minimum atomic E-state index is -0.335. The van der Waals surface area contributed by atoms with Crippen LogP contribution in [0.1, 0.15) is 13.3 Å². The molecule has 0 saturated carbocycles. The molecule has 0 bridgehead atoms. The van der Waals surface area contributed by atoms with Crippen LogP contribution in [0.5, 0.6) is 0 Å². The van der Waals surface area contributed by atoms with Crippen molar-refractivity contribution in [2.45, 2.75) is 13.3 Å². The normalized spacial score (nSPS) is 28.2. The average molecular weight is 186 g/mol. The van der Waals surface area contributed by atoms with E-state index in [9.17, 15) is 4.79 Å². The van der Waals surface area contributed by atoms with Crippen LogP contribution in [0.2, 0.25) is 0 Å². The van der Waals surface area contributed by atoms with Crippen LogP contribution in [0, 0.1) is 11.8 Å². The minimum absolute atomic E-state index is 0.335. The van der Waals surface area contributed by atoms with Gasteiger partial charge in [-0.05, 0) is 31.3 Å². The summed E-state index contributed by atoms with van der Waals surface area (Å²) in [7, 11) is 1.39. The van der Waals surface area contributed by atoms with Crippen LogP contribution in [0.4, 0.5) is 4.79 Å². The molecule has 0 radical (unpaired) electrons. The van der Waals surface area contributed by atoms with Crippen LogP contribution < -0.4 is 10.6 Å². The van der Waals surface area contributed by atoms with Crippen LogP contribution in [0.15, 0.2) is 0 Å². The van der Waals surface area contributed by atoms with E-state index >= 15 is 0 Å². The van der Waals surface area contributed by atoms with Crippen LogP contribution >= 0.6 is 0 Å². The van der Waals surface area contributed by atoms with Crippen molar-refractivity contribution in [1.82, 2.24) is 10.6 Å². The molecule has 4 nitrogen and oxygen atoms in total. The zero-order chi connectivity index (χ0) is 9.68. The van der Waals surface area contributed by atoms with Crippen molar-refractivity contribution in [2.24, 2.45) is 11.8 Å². The van der Waals surface area contributed by atoms with Crippen molar-refractivity contribution in [3.8, 4) is 0 Å². The number of carbonyl (C=O) groups excluding carboxylic acids is 1. The molecule has 2 atom stereocenters. The second kappa shape index (κ2) is 5.07. The average Bonchev–Trinajstić information content (AvgIpc) is 2.16. The summed E-state index contributed by atoms with van der Waals surface area (Å²) in [6.07, 6.45) is 0.853. The van der Waals surface area contributed by atoms with E-state index in [1.54, 1.807) is 0 Å². The fourth-order valence-corrected chi connectivity index (χ4v) is 1.61. The maximum atomic E-state index is 10.8. The van der Waals surface area contributed by atoms with Gasteiger partial charge in [-0.2, -0.15) is 0 Å². The van der Waals surface area contributed by atoms with Gasteiger partial charge in [0.15, 0.2) is 0 Å². The molecule has 1 saturated heterocycles. The van der Waals surface area contributed by atoms with Crippen molar-refractivity contribution in [2.75, 3.05) is 26.7 Å². The van der Waals surface area contributed by atoms with Gasteiger partial charge in [-0.25, -0.2) is 4.79 Å². The Morgan fingerprint density at radius 2 is 2.46 bits per heavy atom. The highest BCUT2D eigenvalue weighted by molar-refractivity contribution is 5.66. The van der Waals surface area contributed by atoms with Gasteiger partial charge in [-0.1, -0.05) is 6.92 Å². The van der Waals surface area contributed by atoms with Gasteiger partial charge in [0.1, 0.15) is 0 Å². The van der Waals surface area contributed by atoms with Gasteiger partial charge in [0.05, 0.1) is 7.11 Å². The number of piperidine rings is 1. The van der Waals surface area contributed by atoms with E-state index in [1.165, 1.54) is 13.5 Å². The first kappa shape index (κ1) is 10.3. The van der Waals surface area contributed by atoms with Gasteiger partial charge in [0, 0.05) is 6.54 Å². The van der Waals surface area contributed by atoms with E-state index in [-0.39, 0.29) is 6.09 Å². The maximum Gasteiger partial charge on any atom is 0.406 e. The highest BCUT2D eigenvalue weighted by atomic mass is 16.5. The van der Waals surface area contributed by atoms with E-state index in [0.717, 1.165) is 13.1 Å². The SMILES string of the molecule is COC(=O)NCC1CNCCC1C. The molecular formula is C9H18N2O2. The number of hydrogen-bond acceptors (Lipinski definition) is 3. The molecule has 1 heterocycles. The third kappa shape index (κ3) is 3.22. The zero-order valence-electron chi connectivity index (χ0n) is 8.30. The molecule has 2 N–H and O–H groups in total. The molecular weight excluding hydrogens is 168 g/mol. The summed E-state index contributed by atoms with van der Waals surface area (Å²) >= 11 is 0. The Morgan fingerprint density at radius 1 is 1.69 bits per heavy atom. The molecule has 0 aromatic rings. The van der Waals surface area contributed by atoms with E-state index in [0.29, 0.717) is 18.4 Å². The van der Waals surface area contributed by atoms with Gasteiger partial charge in [0.2, 0.25) is 0 Å². The summed E-state index contributed by atoms with van der Waals surface area (Å²) in [5.41, 5.74) is 0. The minimum Gasteiger partial charge on any atom is -0.453 e. The lowest BCUT2D eigenvalue weighted by molar-refractivity contribution is 0.164. The lowest BCUT2D eigenvalue weighted by atomic mass is 9.88. The maximum absolute atomic E-state index is 10.8. The second-order valence-electron chi connectivity index (χ2n) is 3.60. The van der Waals surface area contributed by atoms with Gasteiger partial charge in [0.25, 0.3) is 0 Å². The molecule has 13 heavy (non-hydrogen) atoms. The number of methoxy groups -OCH3 is 1. The molecule has 0 spiro atoms. The topological polar surface area (TPSA) is 50.4 Å². The second-order valence-corrected chi connectivity index (χ2v) is 3.60. The highest BCUT2D eigenvalue weighted by Gasteiger charge is 2.21. The molecule has 76 valence electrons. The summed E-state index contributed by atoms with van der Waals surface area (Å²) in [5.74, 6) is 1.21. The number of rotatable bonds is 2. The molecule has 4 heteroatoms. The van der Waals surface area contributed by atoms with Gasteiger partial charge < -0.3 is 15.4 Å². The van der Waals surface area contributed by atoms with Crippen molar-refractivity contribution < 1.29 is 9.53 Å². The molecule has 1 rings (SSSR count). The Kier molecular flexibility index (Phi) is 4.02. The predicted octanol–water partition coefficient (Wildman–Crippen LogP) is 0.588.